The second-order valence-corrected chi connectivity index (χ2v) is 12.3. The van der Waals surface area contributed by atoms with E-state index in [0.717, 1.165) is 11.9 Å². The van der Waals surface area contributed by atoms with Gasteiger partial charge in [0.2, 0.25) is 0 Å². The Morgan fingerprint density at radius 2 is 1.53 bits per heavy atom. The normalized spacial score (nSPS) is 15.4. The fourth-order valence-corrected chi connectivity index (χ4v) is 5.92. The van der Waals surface area contributed by atoms with Crippen LogP contribution in [0.3, 0.4) is 0 Å². The Morgan fingerprint density at radius 1 is 0.816 bits per heavy atom. The van der Waals surface area contributed by atoms with E-state index >= 15 is 0 Å². The minimum absolute atomic E-state index is 0.226. The molecule has 192 valence electrons. The predicted molar refractivity (Wildman–Crippen MR) is 160 cm³/mol. The number of anilines is 3. The third kappa shape index (κ3) is 3.81. The van der Waals surface area contributed by atoms with Gasteiger partial charge in [0.1, 0.15) is 0 Å². The Labute approximate surface area is 227 Å². The van der Waals surface area contributed by atoms with Crippen LogP contribution in [0.15, 0.2) is 84.9 Å². The van der Waals surface area contributed by atoms with Crippen LogP contribution >= 0.6 is 0 Å². The molecule has 1 N–H and O–H groups in total. The summed E-state index contributed by atoms with van der Waals surface area (Å²) in [6.07, 6.45) is 0.938. The van der Waals surface area contributed by atoms with Crippen molar-refractivity contribution in [2.75, 3.05) is 4.90 Å². The van der Waals surface area contributed by atoms with Crippen molar-refractivity contribution in [2.45, 2.75) is 64.6 Å². The van der Waals surface area contributed by atoms with E-state index in [0.29, 0.717) is 7.48 Å². The first kappa shape index (κ1) is 25.0. The molecule has 0 aromatic heterocycles. The van der Waals surface area contributed by atoms with Crippen LogP contribution in [0.4, 0.5) is 17.1 Å². The zero-order chi connectivity index (χ0) is 26.9. The molecule has 0 saturated carbocycles. The summed E-state index contributed by atoms with van der Waals surface area (Å²) in [5.74, 6) is 0. The summed E-state index contributed by atoms with van der Waals surface area (Å²) in [6, 6.07) is 31.0. The summed E-state index contributed by atoms with van der Waals surface area (Å²) >= 11 is 0. The first-order valence-electron chi connectivity index (χ1n) is 13.6. The second kappa shape index (κ2) is 8.59. The van der Waals surface area contributed by atoms with Gasteiger partial charge in [-0.25, -0.2) is 0 Å². The molecule has 4 aromatic carbocycles. The molecule has 0 amide bonds. The maximum absolute atomic E-state index is 10.6. The maximum atomic E-state index is 10.6. The van der Waals surface area contributed by atoms with E-state index in [9.17, 15) is 5.11 Å². The number of hydrogen-bond acceptors (Lipinski definition) is 3. The van der Waals surface area contributed by atoms with Gasteiger partial charge in [-0.3, -0.25) is 0 Å². The quantitative estimate of drug-likeness (QED) is 0.266. The number of rotatable bonds is 5. The van der Waals surface area contributed by atoms with Crippen molar-refractivity contribution in [3.05, 3.63) is 107 Å². The SMILES string of the molecule is CC1(C)c2cc(BOC(C)(C)C(C)(C)O)ccc2N2c3ccccc3Cc3ccc(-c4ccccc4)c1c32. The lowest BCUT2D eigenvalue weighted by atomic mass is 9.67. The lowest BCUT2D eigenvalue weighted by molar-refractivity contribution is -0.0893. The van der Waals surface area contributed by atoms with Gasteiger partial charge in [0, 0.05) is 17.5 Å². The van der Waals surface area contributed by atoms with Gasteiger partial charge in [0.05, 0.1) is 22.6 Å². The predicted octanol–water partition coefficient (Wildman–Crippen LogP) is 6.91. The summed E-state index contributed by atoms with van der Waals surface area (Å²) < 4.78 is 6.28. The van der Waals surface area contributed by atoms with Crippen molar-refractivity contribution >= 4 is 30.0 Å². The van der Waals surface area contributed by atoms with Crippen molar-refractivity contribution < 1.29 is 9.76 Å². The molecule has 2 heterocycles. The largest absolute Gasteiger partial charge is 0.427 e. The molecule has 4 heteroatoms. The van der Waals surface area contributed by atoms with Gasteiger partial charge < -0.3 is 14.7 Å². The van der Waals surface area contributed by atoms with E-state index < -0.39 is 11.2 Å². The summed E-state index contributed by atoms with van der Waals surface area (Å²) in [7, 11) is 0.440. The Balaban J connectivity index is 1.55. The van der Waals surface area contributed by atoms with E-state index in [1.54, 1.807) is 13.8 Å². The lowest BCUT2D eigenvalue weighted by Gasteiger charge is -2.46. The van der Waals surface area contributed by atoms with Gasteiger partial charge in [-0.1, -0.05) is 92.1 Å². The Kier molecular flexibility index (Phi) is 5.64. The fourth-order valence-electron chi connectivity index (χ4n) is 5.92. The van der Waals surface area contributed by atoms with Crippen LogP contribution in [0.1, 0.15) is 63.8 Å². The average Bonchev–Trinajstić information content (AvgIpc) is 2.89. The number of hydrogen-bond donors (Lipinski definition) is 1. The van der Waals surface area contributed by atoms with Gasteiger partial charge in [-0.05, 0) is 73.2 Å². The molecule has 0 unspecified atom stereocenters. The molecule has 2 aliphatic heterocycles. The van der Waals surface area contributed by atoms with Crippen molar-refractivity contribution in [2.24, 2.45) is 0 Å². The first-order chi connectivity index (χ1) is 18.0. The molecule has 0 bridgehead atoms. The fraction of sp³-hybridized carbons (Fsp3) is 0.294. The highest BCUT2D eigenvalue weighted by Crippen LogP contribution is 2.58. The molecule has 0 saturated heterocycles. The van der Waals surface area contributed by atoms with Crippen LogP contribution in [0.5, 0.6) is 0 Å². The number of aliphatic hydroxyl groups is 1. The highest BCUT2D eigenvalue weighted by atomic mass is 16.5. The highest BCUT2D eigenvalue weighted by molar-refractivity contribution is 6.47. The minimum Gasteiger partial charge on any atom is -0.427 e. The molecule has 3 nitrogen and oxygen atoms in total. The number of fused-ring (bicyclic) bond motifs is 4. The topological polar surface area (TPSA) is 32.7 Å². The molecule has 38 heavy (non-hydrogen) atoms. The van der Waals surface area contributed by atoms with Gasteiger partial charge in [0.15, 0.2) is 0 Å². The zero-order valence-electron chi connectivity index (χ0n) is 23.3. The van der Waals surface area contributed by atoms with Gasteiger partial charge in [-0.2, -0.15) is 0 Å². The van der Waals surface area contributed by atoms with Crippen LogP contribution < -0.4 is 10.4 Å². The lowest BCUT2D eigenvalue weighted by Crippen LogP contribution is -2.49. The van der Waals surface area contributed by atoms with E-state index in [1.165, 1.54) is 50.4 Å². The second-order valence-electron chi connectivity index (χ2n) is 12.3. The van der Waals surface area contributed by atoms with Crippen molar-refractivity contribution in [1.29, 1.82) is 0 Å². The smallest absolute Gasteiger partial charge is 0.309 e. The summed E-state index contributed by atoms with van der Waals surface area (Å²) in [6.45, 7) is 12.2. The van der Waals surface area contributed by atoms with Crippen LogP contribution in [-0.2, 0) is 16.5 Å². The molecule has 6 rings (SSSR count). The van der Waals surface area contributed by atoms with Gasteiger partial charge in [0.25, 0.3) is 0 Å². The monoisotopic (exact) mass is 501 g/mol. The number of nitrogens with zero attached hydrogens (tertiary/aromatic N) is 1. The third-order valence-corrected chi connectivity index (χ3v) is 8.86. The Morgan fingerprint density at radius 3 is 2.26 bits per heavy atom. The van der Waals surface area contributed by atoms with E-state index in [4.69, 9.17) is 4.65 Å². The number of benzene rings is 4. The van der Waals surface area contributed by atoms with Crippen LogP contribution in [0, 0.1) is 0 Å². The summed E-state index contributed by atoms with van der Waals surface area (Å²) in [5.41, 5.74) is 11.0. The molecule has 2 aliphatic rings. The molecule has 0 fully saturated rings. The average molecular weight is 501 g/mol. The summed E-state index contributed by atoms with van der Waals surface area (Å²) in [4.78, 5) is 2.49. The van der Waals surface area contributed by atoms with E-state index in [1.807, 2.05) is 13.8 Å². The molecular weight excluding hydrogens is 465 g/mol. The molecule has 0 atom stereocenters. The van der Waals surface area contributed by atoms with E-state index in [-0.39, 0.29) is 5.41 Å². The molecular formula is C34H36BNO2. The molecule has 4 aromatic rings. The first-order valence-corrected chi connectivity index (χ1v) is 13.6. The Hall–Kier alpha value is -3.34. The molecule has 0 aliphatic carbocycles. The van der Waals surface area contributed by atoms with Crippen LogP contribution in [0.2, 0.25) is 0 Å². The molecule has 0 spiro atoms. The highest BCUT2D eigenvalue weighted by Gasteiger charge is 2.42. The van der Waals surface area contributed by atoms with E-state index in [2.05, 4.69) is 104 Å². The zero-order valence-corrected chi connectivity index (χ0v) is 23.3. The number of para-hydroxylation sites is 1. The van der Waals surface area contributed by atoms with Crippen molar-refractivity contribution in [1.82, 2.24) is 0 Å². The van der Waals surface area contributed by atoms with Crippen molar-refractivity contribution in [3.8, 4) is 11.1 Å². The van der Waals surface area contributed by atoms with Crippen LogP contribution in [-0.4, -0.2) is 23.8 Å². The van der Waals surface area contributed by atoms with Gasteiger partial charge >= 0.3 is 7.48 Å². The molecule has 0 radical (unpaired) electrons. The van der Waals surface area contributed by atoms with Crippen molar-refractivity contribution in [3.63, 3.8) is 0 Å². The van der Waals surface area contributed by atoms with Gasteiger partial charge in [-0.15, -0.1) is 0 Å². The Bertz CT molecular complexity index is 1530. The third-order valence-electron chi connectivity index (χ3n) is 8.86. The minimum atomic E-state index is -0.947. The summed E-state index contributed by atoms with van der Waals surface area (Å²) in [5, 5.41) is 10.6. The standard InChI is InChI=1S/C34H36BNO2/c1-32(2)27-21-25(35-38-34(5,6)33(3,4)37)17-19-29(27)36-28-15-11-10-14-23(28)20-24-16-18-26(30(32)31(24)36)22-12-8-7-9-13-22/h7-19,21,35,37H,20H2,1-6H3. The maximum Gasteiger partial charge on any atom is 0.309 e. The van der Waals surface area contributed by atoms with Crippen LogP contribution in [0.25, 0.3) is 11.1 Å².